The minimum atomic E-state index is -0.800. The van der Waals surface area contributed by atoms with E-state index >= 15 is 0 Å². The molecule has 4 aliphatic carbocycles. The van der Waals surface area contributed by atoms with E-state index in [1.807, 2.05) is 18.2 Å². The molecule has 5 nitrogen and oxygen atoms in total. The summed E-state index contributed by atoms with van der Waals surface area (Å²) in [5.41, 5.74) is 2.97. The van der Waals surface area contributed by atoms with Gasteiger partial charge in [-0.25, -0.2) is 0 Å². The minimum absolute atomic E-state index is 0.146. The van der Waals surface area contributed by atoms with Gasteiger partial charge in [0.25, 0.3) is 0 Å². The van der Waals surface area contributed by atoms with Gasteiger partial charge in [0.15, 0.2) is 0 Å². The molecule has 0 spiro atoms. The van der Waals surface area contributed by atoms with Crippen LogP contribution in [0.15, 0.2) is 30.4 Å². The van der Waals surface area contributed by atoms with Crippen LogP contribution in [0.25, 0.3) is 0 Å². The lowest BCUT2D eigenvalue weighted by atomic mass is 9.63. The molecule has 3 fully saturated rings. The molecule has 6 rings (SSSR count). The van der Waals surface area contributed by atoms with Gasteiger partial charge in [0.1, 0.15) is 6.04 Å². The highest BCUT2D eigenvalue weighted by Crippen LogP contribution is 2.65. The number of anilines is 1. The normalized spacial score (nSPS) is 34.8. The van der Waals surface area contributed by atoms with Crippen LogP contribution >= 0.6 is 0 Å². The lowest BCUT2D eigenvalue weighted by molar-refractivity contribution is -0.146. The number of nitrogens with zero attached hydrogens (tertiary/aromatic N) is 1. The maximum Gasteiger partial charge on any atom is 0.247 e. The topological polar surface area (TPSA) is 66.5 Å². The van der Waals surface area contributed by atoms with Crippen LogP contribution in [0.5, 0.6) is 0 Å². The van der Waals surface area contributed by atoms with Gasteiger partial charge >= 0.3 is 0 Å². The van der Waals surface area contributed by atoms with Crippen molar-refractivity contribution in [2.24, 2.45) is 35.5 Å². The molecule has 0 unspecified atom stereocenters. The number of amides is 3. The molecule has 2 saturated carbocycles. The van der Waals surface area contributed by atoms with E-state index in [1.165, 1.54) is 4.90 Å². The molecule has 29 heavy (non-hydrogen) atoms. The van der Waals surface area contributed by atoms with E-state index < -0.39 is 6.04 Å². The first-order valence-electron chi connectivity index (χ1n) is 10.9. The maximum atomic E-state index is 13.2. The van der Waals surface area contributed by atoms with Crippen molar-refractivity contribution in [2.75, 3.05) is 5.32 Å². The van der Waals surface area contributed by atoms with Crippen molar-refractivity contribution in [1.82, 2.24) is 4.90 Å². The van der Waals surface area contributed by atoms with Gasteiger partial charge in [0.05, 0.1) is 11.8 Å². The Morgan fingerprint density at radius 3 is 2.03 bits per heavy atom. The number of likely N-dealkylation sites (tertiary alicyclic amines) is 1. The van der Waals surface area contributed by atoms with Crippen LogP contribution in [-0.4, -0.2) is 28.7 Å². The van der Waals surface area contributed by atoms with Gasteiger partial charge in [-0.05, 0) is 61.0 Å². The number of hydrogen-bond acceptors (Lipinski definition) is 3. The molecule has 1 aromatic carbocycles. The number of imide groups is 1. The first-order valence-corrected chi connectivity index (χ1v) is 10.9. The number of hydrogen-bond donors (Lipinski definition) is 1. The van der Waals surface area contributed by atoms with E-state index in [0.717, 1.165) is 36.1 Å². The summed E-state index contributed by atoms with van der Waals surface area (Å²) in [5.74, 6) is 0.394. The quantitative estimate of drug-likeness (QED) is 0.618. The summed E-state index contributed by atoms with van der Waals surface area (Å²) in [6, 6.07) is 5.22. The van der Waals surface area contributed by atoms with Crippen LogP contribution in [0.1, 0.15) is 38.3 Å². The van der Waals surface area contributed by atoms with Gasteiger partial charge in [-0.1, -0.05) is 44.2 Å². The second kappa shape index (κ2) is 6.54. The summed E-state index contributed by atoms with van der Waals surface area (Å²) in [6.07, 6.45) is 7.07. The van der Waals surface area contributed by atoms with Crippen molar-refractivity contribution < 1.29 is 14.4 Å². The molecule has 3 amide bonds. The Labute approximate surface area is 171 Å². The Morgan fingerprint density at radius 2 is 1.55 bits per heavy atom. The Morgan fingerprint density at radius 1 is 1.03 bits per heavy atom. The lowest BCUT2D eigenvalue weighted by Gasteiger charge is -2.37. The highest BCUT2D eigenvalue weighted by molar-refractivity contribution is 6.10. The Kier molecular flexibility index (Phi) is 4.19. The predicted molar refractivity (Wildman–Crippen MR) is 110 cm³/mol. The van der Waals surface area contributed by atoms with Crippen LogP contribution in [0, 0.1) is 35.5 Å². The van der Waals surface area contributed by atoms with E-state index in [2.05, 4.69) is 31.3 Å². The number of nitrogens with one attached hydrogen (secondary N) is 1. The second-order valence-corrected chi connectivity index (χ2v) is 9.02. The number of allylic oxidation sites excluding steroid dienone is 2. The summed E-state index contributed by atoms with van der Waals surface area (Å²) in [6.45, 7) is 5.79. The molecule has 5 aliphatic rings. The molecule has 0 aromatic heterocycles. The molecule has 1 aromatic rings. The molecule has 1 saturated heterocycles. The average molecular weight is 392 g/mol. The fraction of sp³-hybridized carbons (Fsp3) is 0.542. The molecule has 1 heterocycles. The summed E-state index contributed by atoms with van der Waals surface area (Å²) >= 11 is 0. The highest BCUT2D eigenvalue weighted by Gasteiger charge is 2.67. The monoisotopic (exact) mass is 392 g/mol. The standard InChI is InChI=1S/C24H28N2O3/c1-4-13-7-6-8-14(5-2)21(13)25-22(27)12(3)26-23(28)19-15-9-10-16(18-11-17(15)18)20(19)24(26)29/h6-10,12,15-20H,4-5,11H2,1-3H3,(H,25,27)/t12-,15+,16+,17+,18+,19-,20-/m0/s1. The number of aryl methyl sites for hydroxylation is 2. The van der Waals surface area contributed by atoms with E-state index in [4.69, 9.17) is 0 Å². The van der Waals surface area contributed by atoms with E-state index in [0.29, 0.717) is 11.8 Å². The Balaban J connectivity index is 1.39. The summed E-state index contributed by atoms with van der Waals surface area (Å²) < 4.78 is 0. The number of carbonyl (C=O) groups excluding carboxylic acids is 3. The predicted octanol–water partition coefficient (Wildman–Crippen LogP) is 3.19. The average Bonchev–Trinajstić information content (AvgIpc) is 3.51. The van der Waals surface area contributed by atoms with Crippen LogP contribution in [-0.2, 0) is 27.2 Å². The van der Waals surface area contributed by atoms with Gasteiger partial charge in [-0.2, -0.15) is 0 Å². The third kappa shape index (κ3) is 2.55. The molecule has 7 atom stereocenters. The highest BCUT2D eigenvalue weighted by atomic mass is 16.2. The van der Waals surface area contributed by atoms with E-state index in [1.54, 1.807) is 6.92 Å². The van der Waals surface area contributed by atoms with Gasteiger partial charge in [0.2, 0.25) is 17.7 Å². The lowest BCUT2D eigenvalue weighted by Crippen LogP contribution is -2.46. The SMILES string of the molecule is CCc1cccc(CC)c1NC(=O)[C@H](C)N1C(=O)[C@H]2[C@@H]3C=C[C@H]([C@H]4C[C@H]34)[C@@H]2C1=O. The zero-order valence-electron chi connectivity index (χ0n) is 17.2. The summed E-state index contributed by atoms with van der Waals surface area (Å²) in [7, 11) is 0. The number of benzene rings is 1. The fourth-order valence-corrected chi connectivity index (χ4v) is 6.11. The summed E-state index contributed by atoms with van der Waals surface area (Å²) in [4.78, 5) is 40.9. The van der Waals surface area contributed by atoms with Crippen molar-refractivity contribution >= 4 is 23.4 Å². The second-order valence-electron chi connectivity index (χ2n) is 9.02. The smallest absolute Gasteiger partial charge is 0.247 e. The molecule has 5 heteroatoms. The molecular weight excluding hydrogens is 364 g/mol. The van der Waals surface area contributed by atoms with Crippen LogP contribution in [0.3, 0.4) is 0 Å². The molecular formula is C24H28N2O3. The largest absolute Gasteiger partial charge is 0.324 e. The first kappa shape index (κ1) is 18.6. The number of rotatable bonds is 5. The maximum absolute atomic E-state index is 13.2. The Bertz CT molecular complexity index is 878. The van der Waals surface area contributed by atoms with Crippen molar-refractivity contribution in [3.63, 3.8) is 0 Å². The minimum Gasteiger partial charge on any atom is -0.324 e. The van der Waals surface area contributed by atoms with Gasteiger partial charge < -0.3 is 5.32 Å². The molecule has 152 valence electrons. The van der Waals surface area contributed by atoms with Crippen LogP contribution in [0.4, 0.5) is 5.69 Å². The molecule has 0 radical (unpaired) electrons. The third-order valence-corrected chi connectivity index (χ3v) is 7.71. The number of carbonyl (C=O) groups is 3. The fourth-order valence-electron chi connectivity index (χ4n) is 6.11. The molecule has 1 aliphatic heterocycles. The van der Waals surface area contributed by atoms with Crippen molar-refractivity contribution in [3.05, 3.63) is 41.5 Å². The zero-order chi connectivity index (χ0) is 20.4. The zero-order valence-corrected chi connectivity index (χ0v) is 17.2. The van der Waals surface area contributed by atoms with Crippen LogP contribution in [0.2, 0.25) is 0 Å². The first-order chi connectivity index (χ1) is 14.0. The van der Waals surface area contributed by atoms with Crippen molar-refractivity contribution in [3.8, 4) is 0 Å². The van der Waals surface area contributed by atoms with Crippen molar-refractivity contribution in [2.45, 2.75) is 46.1 Å². The molecule has 2 bridgehead atoms. The van der Waals surface area contributed by atoms with E-state index in [-0.39, 0.29) is 41.4 Å². The van der Waals surface area contributed by atoms with E-state index in [9.17, 15) is 14.4 Å². The van der Waals surface area contributed by atoms with Crippen LogP contribution < -0.4 is 5.32 Å². The van der Waals surface area contributed by atoms with Gasteiger partial charge in [-0.3, -0.25) is 19.3 Å². The Hall–Kier alpha value is -2.43. The summed E-state index contributed by atoms with van der Waals surface area (Å²) in [5, 5.41) is 3.04. The molecule has 1 N–H and O–H groups in total. The third-order valence-electron chi connectivity index (χ3n) is 7.71. The van der Waals surface area contributed by atoms with Gasteiger partial charge in [0, 0.05) is 5.69 Å². The van der Waals surface area contributed by atoms with Gasteiger partial charge in [-0.15, -0.1) is 0 Å². The van der Waals surface area contributed by atoms with Crippen molar-refractivity contribution in [1.29, 1.82) is 0 Å². The number of para-hydroxylation sites is 1.